The number of rotatable bonds is 1. The predicted octanol–water partition coefficient (Wildman–Crippen LogP) is 4.44. The smallest absolute Gasteiger partial charge is 0.205 e. The van der Waals surface area contributed by atoms with Crippen LogP contribution >= 0.6 is 31.9 Å². The zero-order chi connectivity index (χ0) is 13.6. The number of halogens is 2. The fourth-order valence-corrected chi connectivity index (χ4v) is 3.40. The third kappa shape index (κ3) is 2.07. The molecular weight excluding hydrogens is 370 g/mol. The molecule has 3 rings (SSSR count). The zero-order valence-electron chi connectivity index (χ0n) is 10.2. The van der Waals surface area contributed by atoms with Crippen LogP contribution in [0.2, 0.25) is 0 Å². The summed E-state index contributed by atoms with van der Waals surface area (Å²) in [6, 6.07) is 12.1. The van der Waals surface area contributed by atoms with Crippen LogP contribution in [-0.2, 0) is 0 Å². The lowest BCUT2D eigenvalue weighted by molar-refractivity contribution is 1.10. The van der Waals surface area contributed by atoms with Gasteiger partial charge in [0, 0.05) is 8.95 Å². The van der Waals surface area contributed by atoms with Gasteiger partial charge in [-0.2, -0.15) is 0 Å². The second-order valence-electron chi connectivity index (χ2n) is 4.34. The van der Waals surface area contributed by atoms with Crippen molar-refractivity contribution >= 4 is 48.8 Å². The number of aryl methyl sites for hydroxylation is 1. The molecule has 2 aromatic carbocycles. The Bertz CT molecular complexity index is 778. The van der Waals surface area contributed by atoms with E-state index in [1.807, 2.05) is 47.9 Å². The van der Waals surface area contributed by atoms with Crippen molar-refractivity contribution in [2.75, 3.05) is 5.73 Å². The molecule has 0 amide bonds. The highest BCUT2D eigenvalue weighted by atomic mass is 79.9. The second kappa shape index (κ2) is 4.65. The van der Waals surface area contributed by atoms with Gasteiger partial charge in [-0.3, -0.25) is 4.57 Å². The number of hydrogen-bond donors (Lipinski definition) is 1. The molecule has 19 heavy (non-hydrogen) atoms. The van der Waals surface area contributed by atoms with E-state index in [-0.39, 0.29) is 0 Å². The molecule has 3 nitrogen and oxygen atoms in total. The molecule has 0 aliphatic rings. The quantitative estimate of drug-likeness (QED) is 0.678. The van der Waals surface area contributed by atoms with Gasteiger partial charge in [-0.15, -0.1) is 0 Å². The topological polar surface area (TPSA) is 43.8 Å². The van der Waals surface area contributed by atoms with Crippen molar-refractivity contribution in [3.63, 3.8) is 0 Å². The first-order valence-corrected chi connectivity index (χ1v) is 7.35. The summed E-state index contributed by atoms with van der Waals surface area (Å²) in [5, 5.41) is 0. The largest absolute Gasteiger partial charge is 0.369 e. The molecular formula is C14H11Br2N3. The summed E-state index contributed by atoms with van der Waals surface area (Å²) in [4.78, 5) is 4.46. The molecule has 0 unspecified atom stereocenters. The van der Waals surface area contributed by atoms with E-state index < -0.39 is 0 Å². The summed E-state index contributed by atoms with van der Waals surface area (Å²) in [6.07, 6.45) is 0. The van der Waals surface area contributed by atoms with Crippen LogP contribution in [0.3, 0.4) is 0 Å². The number of nitrogens with two attached hydrogens (primary N) is 1. The molecule has 0 fully saturated rings. The van der Waals surface area contributed by atoms with Gasteiger partial charge in [0.05, 0.1) is 16.7 Å². The van der Waals surface area contributed by atoms with Gasteiger partial charge in [-0.05, 0) is 52.7 Å². The van der Waals surface area contributed by atoms with Crippen LogP contribution < -0.4 is 5.73 Å². The Kier molecular flexibility index (Phi) is 3.11. The highest BCUT2D eigenvalue weighted by molar-refractivity contribution is 9.11. The molecule has 2 N–H and O–H groups in total. The number of hydrogen-bond acceptors (Lipinski definition) is 2. The summed E-state index contributed by atoms with van der Waals surface area (Å²) in [5.74, 6) is 0.493. The van der Waals surface area contributed by atoms with E-state index in [9.17, 15) is 0 Å². The molecule has 5 heteroatoms. The van der Waals surface area contributed by atoms with Crippen molar-refractivity contribution in [1.82, 2.24) is 9.55 Å². The lowest BCUT2D eigenvalue weighted by Crippen LogP contribution is -2.01. The van der Waals surface area contributed by atoms with Crippen molar-refractivity contribution in [2.45, 2.75) is 6.92 Å². The van der Waals surface area contributed by atoms with Crippen LogP contribution in [0.4, 0.5) is 5.95 Å². The third-order valence-electron chi connectivity index (χ3n) is 3.06. The van der Waals surface area contributed by atoms with Crippen molar-refractivity contribution in [2.24, 2.45) is 0 Å². The van der Waals surface area contributed by atoms with Crippen LogP contribution in [-0.4, -0.2) is 9.55 Å². The van der Waals surface area contributed by atoms with Crippen LogP contribution in [0.1, 0.15) is 5.56 Å². The maximum absolute atomic E-state index is 6.08. The fourth-order valence-electron chi connectivity index (χ4n) is 2.17. The lowest BCUT2D eigenvalue weighted by Gasteiger charge is -2.09. The second-order valence-corrected chi connectivity index (χ2v) is 6.11. The number of nitrogen functional groups attached to an aromatic ring is 1. The predicted molar refractivity (Wildman–Crippen MR) is 85.6 cm³/mol. The Labute approximate surface area is 127 Å². The van der Waals surface area contributed by atoms with Gasteiger partial charge >= 0.3 is 0 Å². The molecule has 0 saturated carbocycles. The summed E-state index contributed by atoms with van der Waals surface area (Å²) in [6.45, 7) is 2.04. The molecule has 0 atom stereocenters. The van der Waals surface area contributed by atoms with E-state index in [1.165, 1.54) is 0 Å². The molecule has 0 aliphatic carbocycles. The SMILES string of the molecule is Cc1cccc2c1nc(N)n2-c1ccc(Br)cc1Br. The van der Waals surface area contributed by atoms with E-state index >= 15 is 0 Å². The first-order valence-electron chi connectivity index (χ1n) is 5.77. The van der Waals surface area contributed by atoms with Crippen molar-refractivity contribution in [1.29, 1.82) is 0 Å². The maximum atomic E-state index is 6.08. The zero-order valence-corrected chi connectivity index (χ0v) is 13.4. The van der Waals surface area contributed by atoms with Crippen molar-refractivity contribution < 1.29 is 0 Å². The molecule has 1 aromatic heterocycles. The lowest BCUT2D eigenvalue weighted by atomic mass is 10.2. The van der Waals surface area contributed by atoms with Crippen molar-refractivity contribution in [3.05, 3.63) is 50.9 Å². The molecule has 0 spiro atoms. The average Bonchev–Trinajstić information content (AvgIpc) is 2.68. The van der Waals surface area contributed by atoms with Crippen LogP contribution in [0.15, 0.2) is 45.3 Å². The minimum atomic E-state index is 0.493. The highest BCUT2D eigenvalue weighted by Gasteiger charge is 2.13. The molecule has 0 radical (unpaired) electrons. The van der Waals surface area contributed by atoms with Crippen LogP contribution in [0.5, 0.6) is 0 Å². The summed E-state index contributed by atoms with van der Waals surface area (Å²) in [5.41, 5.74) is 10.1. The number of nitrogens with zero attached hydrogens (tertiary/aromatic N) is 2. The minimum absolute atomic E-state index is 0.493. The van der Waals surface area contributed by atoms with Gasteiger partial charge in [0.2, 0.25) is 5.95 Å². The molecule has 96 valence electrons. The highest BCUT2D eigenvalue weighted by Crippen LogP contribution is 2.31. The Morgan fingerprint density at radius 2 is 1.95 bits per heavy atom. The summed E-state index contributed by atoms with van der Waals surface area (Å²) < 4.78 is 3.94. The Morgan fingerprint density at radius 1 is 1.16 bits per heavy atom. The maximum Gasteiger partial charge on any atom is 0.205 e. The standard InChI is InChI=1S/C14H11Br2N3/c1-8-3-2-4-12-13(8)18-14(17)19(12)11-6-5-9(15)7-10(11)16/h2-7H,1H3,(H2,17,18). The molecule has 0 aliphatic heterocycles. The van der Waals surface area contributed by atoms with Crippen LogP contribution in [0, 0.1) is 6.92 Å². The van der Waals surface area contributed by atoms with Crippen LogP contribution in [0.25, 0.3) is 16.7 Å². The van der Waals surface area contributed by atoms with E-state index in [0.717, 1.165) is 31.2 Å². The van der Waals surface area contributed by atoms with E-state index in [4.69, 9.17) is 5.73 Å². The minimum Gasteiger partial charge on any atom is -0.369 e. The summed E-state index contributed by atoms with van der Waals surface area (Å²) in [7, 11) is 0. The third-order valence-corrected chi connectivity index (χ3v) is 4.19. The number of anilines is 1. The fraction of sp³-hybridized carbons (Fsp3) is 0.0714. The number of fused-ring (bicyclic) bond motifs is 1. The number of aromatic nitrogens is 2. The van der Waals surface area contributed by atoms with Gasteiger partial charge < -0.3 is 5.73 Å². The first-order chi connectivity index (χ1) is 9.08. The molecule has 0 saturated heterocycles. The Morgan fingerprint density at radius 3 is 2.68 bits per heavy atom. The molecule has 0 bridgehead atoms. The van der Waals surface area contributed by atoms with Gasteiger partial charge in [0.25, 0.3) is 0 Å². The number of imidazole rings is 1. The summed E-state index contributed by atoms with van der Waals surface area (Å²) >= 11 is 7.03. The van der Waals surface area contributed by atoms with Crippen molar-refractivity contribution in [3.8, 4) is 5.69 Å². The Hall–Kier alpha value is -1.33. The molecule has 1 heterocycles. The van der Waals surface area contributed by atoms with E-state index in [2.05, 4.69) is 36.8 Å². The molecule has 3 aromatic rings. The normalized spacial score (nSPS) is 11.1. The average molecular weight is 381 g/mol. The first kappa shape index (κ1) is 12.7. The van der Waals surface area contributed by atoms with Gasteiger partial charge in [-0.25, -0.2) is 4.98 Å². The van der Waals surface area contributed by atoms with E-state index in [0.29, 0.717) is 5.95 Å². The van der Waals surface area contributed by atoms with E-state index in [1.54, 1.807) is 0 Å². The Balaban J connectivity index is 2.36. The number of para-hydroxylation sites is 1. The number of benzene rings is 2. The van der Waals surface area contributed by atoms with Gasteiger partial charge in [0.1, 0.15) is 0 Å². The monoisotopic (exact) mass is 379 g/mol. The van der Waals surface area contributed by atoms with Gasteiger partial charge in [-0.1, -0.05) is 28.1 Å². The van der Waals surface area contributed by atoms with Gasteiger partial charge in [0.15, 0.2) is 0 Å².